The van der Waals surface area contributed by atoms with E-state index in [0.29, 0.717) is 6.61 Å². The molecule has 1 fully saturated rings. The van der Waals surface area contributed by atoms with E-state index in [1.807, 2.05) is 53.6 Å². The number of carbonyl (C=O) groups is 1. The van der Waals surface area contributed by atoms with E-state index in [9.17, 15) is 4.79 Å². The molecular weight excluding hydrogens is 364 g/mol. The molecule has 0 spiro atoms. The van der Waals surface area contributed by atoms with Gasteiger partial charge in [-0.2, -0.15) is 0 Å². The third-order valence-corrected chi connectivity index (χ3v) is 5.82. The standard InChI is InChI=1S/C23H24N4O2/c1-29-15-14-26-13-11-16-17(6-4-9-20(16)26)23(28)27-12-5-10-21(27)22-24-18-7-2-3-8-19(18)25-22/h2-4,6-9,11,13,21H,5,10,12,14-15H2,1H3,(H,24,25)/t21-/m1/s1. The van der Waals surface area contributed by atoms with Crippen LogP contribution in [0.4, 0.5) is 0 Å². The van der Waals surface area contributed by atoms with E-state index in [2.05, 4.69) is 15.6 Å². The summed E-state index contributed by atoms with van der Waals surface area (Å²) in [4.78, 5) is 23.7. The highest BCUT2D eigenvalue weighted by Crippen LogP contribution is 2.34. The Morgan fingerprint density at radius 1 is 1.21 bits per heavy atom. The van der Waals surface area contributed by atoms with Gasteiger partial charge in [-0.25, -0.2) is 4.98 Å². The lowest BCUT2D eigenvalue weighted by molar-refractivity contribution is 0.0732. The van der Waals surface area contributed by atoms with Gasteiger partial charge >= 0.3 is 0 Å². The van der Waals surface area contributed by atoms with Crippen molar-refractivity contribution >= 4 is 27.8 Å². The number of carbonyl (C=O) groups excluding carboxylic acids is 1. The first-order valence-electron chi connectivity index (χ1n) is 10.1. The number of imidazole rings is 1. The minimum absolute atomic E-state index is 0.0132. The molecule has 29 heavy (non-hydrogen) atoms. The Kier molecular flexibility index (Phi) is 4.56. The van der Waals surface area contributed by atoms with E-state index in [4.69, 9.17) is 9.72 Å². The molecule has 0 saturated carbocycles. The molecular formula is C23H24N4O2. The van der Waals surface area contributed by atoms with Crippen LogP contribution in [0.3, 0.4) is 0 Å². The summed E-state index contributed by atoms with van der Waals surface area (Å²) in [6.45, 7) is 2.16. The van der Waals surface area contributed by atoms with Gasteiger partial charge in [0.2, 0.25) is 0 Å². The molecule has 148 valence electrons. The number of amides is 1. The highest BCUT2D eigenvalue weighted by molar-refractivity contribution is 6.06. The molecule has 1 saturated heterocycles. The number of para-hydroxylation sites is 2. The summed E-state index contributed by atoms with van der Waals surface area (Å²) in [6.07, 6.45) is 3.94. The van der Waals surface area contributed by atoms with Gasteiger partial charge in [-0.1, -0.05) is 18.2 Å². The van der Waals surface area contributed by atoms with Gasteiger partial charge in [0.05, 0.1) is 23.7 Å². The van der Waals surface area contributed by atoms with Gasteiger partial charge in [0.25, 0.3) is 5.91 Å². The zero-order chi connectivity index (χ0) is 19.8. The average Bonchev–Trinajstić information content (AvgIpc) is 3.48. The first-order valence-corrected chi connectivity index (χ1v) is 10.1. The average molecular weight is 388 g/mol. The van der Waals surface area contributed by atoms with Crippen molar-refractivity contribution in [1.29, 1.82) is 0 Å². The summed E-state index contributed by atoms with van der Waals surface area (Å²) >= 11 is 0. The number of likely N-dealkylation sites (tertiary alicyclic amines) is 1. The third kappa shape index (κ3) is 3.09. The van der Waals surface area contributed by atoms with Crippen LogP contribution >= 0.6 is 0 Å². The Morgan fingerprint density at radius 3 is 2.97 bits per heavy atom. The Morgan fingerprint density at radius 2 is 2.10 bits per heavy atom. The zero-order valence-corrected chi connectivity index (χ0v) is 16.5. The number of aromatic amines is 1. The van der Waals surface area contributed by atoms with Crippen molar-refractivity contribution < 1.29 is 9.53 Å². The maximum atomic E-state index is 13.5. The van der Waals surface area contributed by atoms with Gasteiger partial charge < -0.3 is 19.2 Å². The van der Waals surface area contributed by atoms with Crippen LogP contribution in [-0.2, 0) is 11.3 Å². The second kappa shape index (κ2) is 7.37. The van der Waals surface area contributed by atoms with Crippen LogP contribution in [0.1, 0.15) is 35.1 Å². The number of nitrogens with zero attached hydrogens (tertiary/aromatic N) is 3. The molecule has 0 aliphatic carbocycles. The third-order valence-electron chi connectivity index (χ3n) is 5.82. The number of methoxy groups -OCH3 is 1. The van der Waals surface area contributed by atoms with Crippen molar-refractivity contribution in [3.8, 4) is 0 Å². The van der Waals surface area contributed by atoms with E-state index in [1.165, 1.54) is 0 Å². The monoisotopic (exact) mass is 388 g/mol. The predicted octanol–water partition coefficient (Wildman–Crippen LogP) is 4.14. The van der Waals surface area contributed by atoms with E-state index in [0.717, 1.165) is 59.3 Å². The number of rotatable bonds is 5. The van der Waals surface area contributed by atoms with Crippen molar-refractivity contribution in [2.24, 2.45) is 0 Å². The van der Waals surface area contributed by atoms with Crippen LogP contribution in [-0.4, -0.2) is 45.6 Å². The van der Waals surface area contributed by atoms with Crippen LogP contribution in [0.25, 0.3) is 21.9 Å². The molecule has 1 amide bonds. The smallest absolute Gasteiger partial charge is 0.255 e. The molecule has 1 atom stereocenters. The van der Waals surface area contributed by atoms with Crippen LogP contribution in [0, 0.1) is 0 Å². The lowest BCUT2D eigenvalue weighted by Crippen LogP contribution is -2.31. The molecule has 6 heteroatoms. The normalized spacial score (nSPS) is 16.9. The second-order valence-electron chi connectivity index (χ2n) is 7.54. The lowest BCUT2D eigenvalue weighted by atomic mass is 10.1. The Labute approximate surface area is 169 Å². The highest BCUT2D eigenvalue weighted by atomic mass is 16.5. The summed E-state index contributed by atoms with van der Waals surface area (Å²) in [5.41, 5.74) is 3.77. The van der Waals surface area contributed by atoms with Crippen LogP contribution in [0.2, 0.25) is 0 Å². The van der Waals surface area contributed by atoms with Crippen molar-refractivity contribution in [2.45, 2.75) is 25.4 Å². The minimum Gasteiger partial charge on any atom is -0.383 e. The van der Waals surface area contributed by atoms with Crippen molar-refractivity contribution in [1.82, 2.24) is 19.4 Å². The fourth-order valence-electron chi connectivity index (χ4n) is 4.37. The molecule has 0 unspecified atom stereocenters. The predicted molar refractivity (Wildman–Crippen MR) is 113 cm³/mol. The van der Waals surface area contributed by atoms with Gasteiger partial charge in [-0.15, -0.1) is 0 Å². The van der Waals surface area contributed by atoms with Gasteiger partial charge in [-0.05, 0) is 43.2 Å². The van der Waals surface area contributed by atoms with Gasteiger partial charge in [0, 0.05) is 42.9 Å². The Hall–Kier alpha value is -3.12. The van der Waals surface area contributed by atoms with Gasteiger partial charge in [-0.3, -0.25) is 4.79 Å². The van der Waals surface area contributed by atoms with E-state index < -0.39 is 0 Å². The summed E-state index contributed by atoms with van der Waals surface area (Å²) in [7, 11) is 1.70. The zero-order valence-electron chi connectivity index (χ0n) is 16.5. The summed E-state index contributed by atoms with van der Waals surface area (Å²) < 4.78 is 7.34. The van der Waals surface area contributed by atoms with Crippen LogP contribution in [0.15, 0.2) is 54.7 Å². The summed E-state index contributed by atoms with van der Waals surface area (Å²) in [5.74, 6) is 0.949. The van der Waals surface area contributed by atoms with Gasteiger partial charge in [0.1, 0.15) is 5.82 Å². The second-order valence-corrected chi connectivity index (χ2v) is 7.54. The first kappa shape index (κ1) is 17.9. The first-order chi connectivity index (χ1) is 14.3. The lowest BCUT2D eigenvalue weighted by Gasteiger charge is -2.23. The fraction of sp³-hybridized carbons (Fsp3) is 0.304. The Balaban J connectivity index is 1.48. The molecule has 5 rings (SSSR count). The molecule has 0 bridgehead atoms. The molecule has 4 aromatic rings. The number of aromatic nitrogens is 3. The van der Waals surface area contributed by atoms with E-state index in [1.54, 1.807) is 7.11 Å². The maximum absolute atomic E-state index is 13.5. The molecule has 2 aromatic heterocycles. The van der Waals surface area contributed by atoms with E-state index in [-0.39, 0.29) is 11.9 Å². The largest absolute Gasteiger partial charge is 0.383 e. The molecule has 3 heterocycles. The van der Waals surface area contributed by atoms with E-state index >= 15 is 0 Å². The van der Waals surface area contributed by atoms with Crippen LogP contribution in [0.5, 0.6) is 0 Å². The number of hydrogen-bond donors (Lipinski definition) is 1. The summed E-state index contributed by atoms with van der Waals surface area (Å²) in [5, 5.41) is 0.990. The molecule has 2 aromatic carbocycles. The molecule has 1 aliphatic rings. The number of benzene rings is 2. The molecule has 0 radical (unpaired) electrons. The quantitative estimate of drug-likeness (QED) is 0.559. The molecule has 1 aliphatic heterocycles. The number of H-pyrrole nitrogens is 1. The number of nitrogens with one attached hydrogen (secondary N) is 1. The SMILES string of the molecule is COCCn1ccc2c(C(=O)N3CCC[C@@H]3c3nc4ccccc4[nH]3)cccc21. The topological polar surface area (TPSA) is 63.1 Å². The van der Waals surface area contributed by atoms with Crippen molar-refractivity contribution in [3.05, 3.63) is 66.1 Å². The molecule has 1 N–H and O–H groups in total. The fourth-order valence-corrected chi connectivity index (χ4v) is 4.37. The summed E-state index contributed by atoms with van der Waals surface area (Å²) in [6, 6.07) is 16.0. The number of hydrogen-bond acceptors (Lipinski definition) is 3. The Bertz CT molecular complexity index is 1140. The highest BCUT2D eigenvalue weighted by Gasteiger charge is 2.33. The van der Waals surface area contributed by atoms with Gasteiger partial charge in [0.15, 0.2) is 0 Å². The van der Waals surface area contributed by atoms with Crippen molar-refractivity contribution in [2.75, 3.05) is 20.3 Å². The number of ether oxygens (including phenoxy) is 1. The minimum atomic E-state index is -0.0132. The van der Waals surface area contributed by atoms with Crippen LogP contribution < -0.4 is 0 Å². The van der Waals surface area contributed by atoms with Crippen molar-refractivity contribution in [3.63, 3.8) is 0 Å². The maximum Gasteiger partial charge on any atom is 0.255 e. The number of fused-ring (bicyclic) bond motifs is 2. The molecule has 6 nitrogen and oxygen atoms in total.